The van der Waals surface area contributed by atoms with Crippen LogP contribution >= 0.6 is 0 Å². The smallest absolute Gasteiger partial charge is 0.311 e. The molecule has 0 aliphatic rings. The summed E-state index contributed by atoms with van der Waals surface area (Å²) in [6.07, 6.45) is 4.50. The van der Waals surface area contributed by atoms with Crippen LogP contribution in [-0.4, -0.2) is 30.7 Å². The van der Waals surface area contributed by atoms with Crippen molar-refractivity contribution < 1.29 is 14.3 Å². The van der Waals surface area contributed by atoms with Gasteiger partial charge in [-0.2, -0.15) is 9.50 Å². The summed E-state index contributed by atoms with van der Waals surface area (Å²) in [5, 5.41) is 12.9. The molecule has 0 bridgehead atoms. The Kier molecular flexibility index (Phi) is 2.30. The minimum atomic E-state index is -0.976. The van der Waals surface area contributed by atoms with Crippen molar-refractivity contribution in [3.63, 3.8) is 0 Å². The van der Waals surface area contributed by atoms with Crippen molar-refractivity contribution in [1.82, 2.24) is 19.6 Å². The quantitative estimate of drug-likeness (QED) is 0.739. The lowest BCUT2D eigenvalue weighted by atomic mass is 10.2. The van der Waals surface area contributed by atoms with Gasteiger partial charge in [0.1, 0.15) is 6.42 Å². The number of carbonyl (C=O) groups is 1. The van der Waals surface area contributed by atoms with Gasteiger partial charge in [-0.1, -0.05) is 0 Å². The highest BCUT2D eigenvalue weighted by Gasteiger charge is 2.12. The van der Waals surface area contributed by atoms with Crippen molar-refractivity contribution in [3.05, 3.63) is 36.7 Å². The molecule has 0 radical (unpaired) electrons. The van der Waals surface area contributed by atoms with Crippen molar-refractivity contribution in [2.45, 2.75) is 6.42 Å². The number of rotatable bonds is 3. The second-order valence-electron chi connectivity index (χ2n) is 3.65. The molecule has 0 aromatic carbocycles. The van der Waals surface area contributed by atoms with Gasteiger partial charge >= 0.3 is 5.97 Å². The minimum Gasteiger partial charge on any atom is -0.481 e. The molecule has 7 nitrogen and oxygen atoms in total. The summed E-state index contributed by atoms with van der Waals surface area (Å²) in [6, 6.07) is 3.55. The van der Waals surface area contributed by atoms with E-state index >= 15 is 0 Å². The molecule has 0 unspecified atom stereocenters. The Morgan fingerprint density at radius 2 is 2.33 bits per heavy atom. The van der Waals surface area contributed by atoms with Crippen LogP contribution in [0.15, 0.2) is 35.3 Å². The van der Waals surface area contributed by atoms with Crippen LogP contribution in [0, 0.1) is 0 Å². The standard InChI is InChI=1S/C11H8N4O3/c16-10(17)5-9-13-11-12-3-1-8(15(11)14-9)7-2-4-18-6-7/h1-4,6H,5H2,(H,16,17). The number of carboxylic acids is 1. The van der Waals surface area contributed by atoms with Crippen LogP contribution in [0.2, 0.25) is 0 Å². The Morgan fingerprint density at radius 3 is 3.06 bits per heavy atom. The highest BCUT2D eigenvalue weighted by Crippen LogP contribution is 2.19. The first-order valence-corrected chi connectivity index (χ1v) is 5.19. The van der Waals surface area contributed by atoms with Gasteiger partial charge in [0, 0.05) is 11.8 Å². The Morgan fingerprint density at radius 1 is 1.44 bits per heavy atom. The van der Waals surface area contributed by atoms with Crippen molar-refractivity contribution in [2.24, 2.45) is 0 Å². The lowest BCUT2D eigenvalue weighted by Crippen LogP contribution is -2.02. The van der Waals surface area contributed by atoms with E-state index in [-0.39, 0.29) is 12.2 Å². The highest BCUT2D eigenvalue weighted by molar-refractivity contribution is 5.69. The number of aromatic nitrogens is 4. The predicted octanol–water partition coefficient (Wildman–Crippen LogP) is 1.01. The molecule has 0 amide bonds. The van der Waals surface area contributed by atoms with Gasteiger partial charge in [-0.15, -0.1) is 5.10 Å². The van der Waals surface area contributed by atoms with E-state index in [9.17, 15) is 4.79 Å². The normalized spacial score (nSPS) is 10.9. The van der Waals surface area contributed by atoms with E-state index in [1.54, 1.807) is 30.9 Å². The molecule has 90 valence electrons. The maximum absolute atomic E-state index is 10.6. The SMILES string of the molecule is O=C(O)Cc1nc2nccc(-c3ccoc3)n2n1. The third kappa shape index (κ3) is 1.71. The van der Waals surface area contributed by atoms with Gasteiger partial charge in [-0.3, -0.25) is 4.79 Å². The van der Waals surface area contributed by atoms with Gasteiger partial charge in [0.25, 0.3) is 5.78 Å². The van der Waals surface area contributed by atoms with Gasteiger partial charge in [-0.05, 0) is 12.1 Å². The van der Waals surface area contributed by atoms with Crippen LogP contribution in [0.1, 0.15) is 5.82 Å². The van der Waals surface area contributed by atoms with E-state index in [4.69, 9.17) is 9.52 Å². The molecule has 0 spiro atoms. The number of carboxylic acid groups (broad SMARTS) is 1. The molecule has 0 atom stereocenters. The third-order valence-corrected chi connectivity index (χ3v) is 2.41. The fourth-order valence-electron chi connectivity index (χ4n) is 1.67. The van der Waals surface area contributed by atoms with Crippen LogP contribution in [0.5, 0.6) is 0 Å². The molecule has 0 fully saturated rings. The maximum atomic E-state index is 10.6. The zero-order valence-corrected chi connectivity index (χ0v) is 9.15. The molecule has 0 saturated heterocycles. The third-order valence-electron chi connectivity index (χ3n) is 2.41. The topological polar surface area (TPSA) is 93.5 Å². The van der Waals surface area contributed by atoms with Gasteiger partial charge < -0.3 is 9.52 Å². The Labute approximate surface area is 101 Å². The fraction of sp³-hybridized carbons (Fsp3) is 0.0909. The first-order chi connectivity index (χ1) is 8.74. The first-order valence-electron chi connectivity index (χ1n) is 5.19. The largest absolute Gasteiger partial charge is 0.481 e. The molecule has 1 N–H and O–H groups in total. The van der Waals surface area contributed by atoms with Gasteiger partial charge in [-0.25, -0.2) is 4.98 Å². The second-order valence-corrected chi connectivity index (χ2v) is 3.65. The molecule has 7 heteroatoms. The fourth-order valence-corrected chi connectivity index (χ4v) is 1.67. The maximum Gasteiger partial charge on any atom is 0.311 e. The van der Waals surface area contributed by atoms with E-state index < -0.39 is 5.97 Å². The Hall–Kier alpha value is -2.70. The molecule has 0 aliphatic heterocycles. The van der Waals surface area contributed by atoms with Gasteiger partial charge in [0.2, 0.25) is 0 Å². The van der Waals surface area contributed by atoms with Crippen LogP contribution in [0.4, 0.5) is 0 Å². The summed E-state index contributed by atoms with van der Waals surface area (Å²) in [5.74, 6) is -0.383. The van der Waals surface area contributed by atoms with Gasteiger partial charge in [0.15, 0.2) is 5.82 Å². The van der Waals surface area contributed by atoms with Crippen molar-refractivity contribution in [3.8, 4) is 11.3 Å². The summed E-state index contributed by atoms with van der Waals surface area (Å²) >= 11 is 0. The number of aliphatic carboxylic acids is 1. The minimum absolute atomic E-state index is 0.228. The number of furan rings is 1. The second kappa shape index (κ2) is 3.95. The number of fused-ring (bicyclic) bond motifs is 1. The molecular formula is C11H8N4O3. The van der Waals surface area contributed by atoms with Gasteiger partial charge in [0.05, 0.1) is 18.2 Å². The molecule has 3 rings (SSSR count). The van der Waals surface area contributed by atoms with Crippen LogP contribution in [0.3, 0.4) is 0 Å². The number of hydrogen-bond donors (Lipinski definition) is 1. The van der Waals surface area contributed by atoms with E-state index in [0.29, 0.717) is 5.78 Å². The van der Waals surface area contributed by atoms with E-state index in [0.717, 1.165) is 11.3 Å². The predicted molar refractivity (Wildman–Crippen MR) is 59.8 cm³/mol. The number of nitrogens with zero attached hydrogens (tertiary/aromatic N) is 4. The number of hydrogen-bond acceptors (Lipinski definition) is 5. The summed E-state index contributed by atoms with van der Waals surface area (Å²) in [6.45, 7) is 0. The Balaban J connectivity index is 2.16. The first kappa shape index (κ1) is 10.5. The van der Waals surface area contributed by atoms with Crippen LogP contribution in [-0.2, 0) is 11.2 Å². The summed E-state index contributed by atoms with van der Waals surface area (Å²) < 4.78 is 6.52. The van der Waals surface area contributed by atoms with Crippen LogP contribution < -0.4 is 0 Å². The zero-order chi connectivity index (χ0) is 12.5. The molecule has 0 aliphatic carbocycles. The molecular weight excluding hydrogens is 236 g/mol. The Bertz CT molecular complexity index is 702. The summed E-state index contributed by atoms with van der Waals surface area (Å²) in [4.78, 5) is 18.7. The van der Waals surface area contributed by atoms with Crippen LogP contribution in [0.25, 0.3) is 17.0 Å². The molecule has 3 aromatic rings. The van der Waals surface area contributed by atoms with E-state index in [2.05, 4.69) is 15.1 Å². The van der Waals surface area contributed by atoms with Crippen molar-refractivity contribution >= 4 is 11.7 Å². The van der Waals surface area contributed by atoms with Crippen molar-refractivity contribution in [2.75, 3.05) is 0 Å². The lowest BCUT2D eigenvalue weighted by Gasteiger charge is -1.98. The van der Waals surface area contributed by atoms with E-state index in [1.807, 2.05) is 0 Å². The zero-order valence-electron chi connectivity index (χ0n) is 9.15. The molecule has 0 saturated carbocycles. The molecule has 3 heterocycles. The van der Waals surface area contributed by atoms with Crippen molar-refractivity contribution in [1.29, 1.82) is 0 Å². The summed E-state index contributed by atoms with van der Waals surface area (Å²) in [5.41, 5.74) is 1.58. The summed E-state index contributed by atoms with van der Waals surface area (Å²) in [7, 11) is 0. The average Bonchev–Trinajstić information content (AvgIpc) is 2.94. The molecule has 18 heavy (non-hydrogen) atoms. The highest BCUT2D eigenvalue weighted by atomic mass is 16.4. The van der Waals surface area contributed by atoms with E-state index in [1.165, 1.54) is 4.52 Å². The monoisotopic (exact) mass is 244 g/mol. The lowest BCUT2D eigenvalue weighted by molar-refractivity contribution is -0.136. The molecule has 3 aromatic heterocycles. The average molecular weight is 244 g/mol.